The summed E-state index contributed by atoms with van der Waals surface area (Å²) in [5, 5.41) is 0. The first kappa shape index (κ1) is 13.0. The van der Waals surface area contributed by atoms with Crippen molar-refractivity contribution in [2.45, 2.75) is 6.92 Å². The molecule has 0 amide bonds. The summed E-state index contributed by atoms with van der Waals surface area (Å²) in [4.78, 5) is 15.2. The van der Waals surface area contributed by atoms with Gasteiger partial charge < -0.3 is 14.9 Å². The maximum atomic E-state index is 13.5. The second kappa shape index (κ2) is 5.05. The Balaban J connectivity index is 2.42. The molecule has 100 valence electrons. The Bertz CT molecular complexity index is 625. The number of nitrogen functional groups attached to an aromatic ring is 1. The number of ether oxygens (including phenoxy) is 1. The molecule has 0 spiro atoms. The predicted octanol–water partition coefficient (Wildman–Crippen LogP) is 2.38. The molecule has 0 unspecified atom stereocenters. The summed E-state index contributed by atoms with van der Waals surface area (Å²) in [7, 11) is 0. The lowest BCUT2D eigenvalue weighted by Crippen LogP contribution is -2.07. The third kappa shape index (κ3) is 2.54. The SMILES string of the molecule is CCOC(=O)c1nc(-c2ccc(F)cc2F)oc1N. The molecule has 2 N–H and O–H groups in total. The van der Waals surface area contributed by atoms with Crippen molar-refractivity contribution in [1.82, 2.24) is 4.98 Å². The topological polar surface area (TPSA) is 78.3 Å². The lowest BCUT2D eigenvalue weighted by molar-refractivity contribution is 0.0521. The number of aromatic nitrogens is 1. The molecule has 0 aliphatic rings. The Morgan fingerprint density at radius 3 is 2.84 bits per heavy atom. The Morgan fingerprint density at radius 1 is 1.47 bits per heavy atom. The first-order valence-electron chi connectivity index (χ1n) is 5.41. The fraction of sp³-hybridized carbons (Fsp3) is 0.167. The lowest BCUT2D eigenvalue weighted by atomic mass is 10.2. The van der Waals surface area contributed by atoms with E-state index in [0.717, 1.165) is 12.1 Å². The summed E-state index contributed by atoms with van der Waals surface area (Å²) < 4.78 is 36.0. The molecule has 19 heavy (non-hydrogen) atoms. The van der Waals surface area contributed by atoms with Crippen LogP contribution in [0.2, 0.25) is 0 Å². The third-order valence-electron chi connectivity index (χ3n) is 2.28. The van der Waals surface area contributed by atoms with Gasteiger partial charge in [0.1, 0.15) is 11.6 Å². The number of oxazole rings is 1. The molecule has 1 aromatic heterocycles. The molecular formula is C12H10F2N2O3. The largest absolute Gasteiger partial charge is 0.461 e. The van der Waals surface area contributed by atoms with Crippen molar-refractivity contribution in [3.63, 3.8) is 0 Å². The van der Waals surface area contributed by atoms with Gasteiger partial charge in [-0.25, -0.2) is 13.6 Å². The highest BCUT2D eigenvalue weighted by Gasteiger charge is 2.21. The Hall–Kier alpha value is -2.44. The van der Waals surface area contributed by atoms with E-state index in [0.29, 0.717) is 6.07 Å². The molecule has 1 aromatic carbocycles. The van der Waals surface area contributed by atoms with Gasteiger partial charge in [0.15, 0.2) is 0 Å². The lowest BCUT2D eigenvalue weighted by Gasteiger charge is -1.97. The summed E-state index contributed by atoms with van der Waals surface area (Å²) in [6, 6.07) is 2.87. The average Bonchev–Trinajstić information content (AvgIpc) is 2.71. The average molecular weight is 268 g/mol. The van der Waals surface area contributed by atoms with Crippen molar-refractivity contribution in [1.29, 1.82) is 0 Å². The van der Waals surface area contributed by atoms with E-state index in [-0.39, 0.29) is 29.6 Å². The minimum atomic E-state index is -0.864. The summed E-state index contributed by atoms with van der Waals surface area (Å²) in [6.45, 7) is 1.76. The summed E-state index contributed by atoms with van der Waals surface area (Å²) >= 11 is 0. The first-order valence-corrected chi connectivity index (χ1v) is 5.41. The number of hydrogen-bond acceptors (Lipinski definition) is 5. The minimum Gasteiger partial charge on any atom is -0.461 e. The first-order chi connectivity index (χ1) is 9.02. The van der Waals surface area contributed by atoms with Gasteiger partial charge in [0.05, 0.1) is 12.2 Å². The molecule has 1 heterocycles. The second-order valence-corrected chi connectivity index (χ2v) is 3.58. The number of nitrogens with zero attached hydrogens (tertiary/aromatic N) is 1. The van der Waals surface area contributed by atoms with Gasteiger partial charge in [-0.05, 0) is 19.1 Å². The maximum absolute atomic E-state index is 13.5. The Kier molecular flexibility index (Phi) is 3.46. The van der Waals surface area contributed by atoms with E-state index < -0.39 is 17.6 Å². The molecule has 0 radical (unpaired) electrons. The van der Waals surface area contributed by atoms with E-state index in [2.05, 4.69) is 4.98 Å². The van der Waals surface area contributed by atoms with Crippen LogP contribution < -0.4 is 5.73 Å². The number of anilines is 1. The van der Waals surface area contributed by atoms with E-state index in [1.54, 1.807) is 6.92 Å². The molecule has 0 fully saturated rings. The zero-order chi connectivity index (χ0) is 14.0. The van der Waals surface area contributed by atoms with E-state index in [9.17, 15) is 13.6 Å². The molecule has 0 atom stereocenters. The molecule has 2 rings (SSSR count). The fourth-order valence-electron chi connectivity index (χ4n) is 1.46. The quantitative estimate of drug-likeness (QED) is 0.864. The van der Waals surface area contributed by atoms with Crippen molar-refractivity contribution >= 4 is 11.9 Å². The predicted molar refractivity (Wildman–Crippen MR) is 62.2 cm³/mol. The highest BCUT2D eigenvalue weighted by molar-refractivity contribution is 5.92. The van der Waals surface area contributed by atoms with E-state index in [4.69, 9.17) is 14.9 Å². The molecule has 7 heteroatoms. The van der Waals surface area contributed by atoms with Gasteiger partial charge in [0.25, 0.3) is 0 Å². The molecule has 0 saturated carbocycles. The number of nitrogens with two attached hydrogens (primary N) is 1. The van der Waals surface area contributed by atoms with E-state index >= 15 is 0 Å². The number of rotatable bonds is 3. The maximum Gasteiger partial charge on any atom is 0.362 e. The van der Waals surface area contributed by atoms with E-state index in [1.165, 1.54) is 0 Å². The van der Waals surface area contributed by atoms with Crippen LogP contribution in [0.3, 0.4) is 0 Å². The molecule has 0 saturated heterocycles. The van der Waals surface area contributed by atoms with Gasteiger partial charge in [0.2, 0.25) is 17.5 Å². The van der Waals surface area contributed by atoms with Gasteiger partial charge in [-0.2, -0.15) is 4.98 Å². The van der Waals surface area contributed by atoms with Crippen molar-refractivity contribution < 1.29 is 22.7 Å². The number of benzene rings is 1. The third-order valence-corrected chi connectivity index (χ3v) is 2.28. The van der Waals surface area contributed by atoms with Gasteiger partial charge in [0, 0.05) is 6.07 Å². The number of halogens is 2. The molecule has 5 nitrogen and oxygen atoms in total. The van der Waals surface area contributed by atoms with Crippen LogP contribution in [0.1, 0.15) is 17.4 Å². The summed E-state index contributed by atoms with van der Waals surface area (Å²) in [5.41, 5.74) is 5.13. The van der Waals surface area contributed by atoms with Gasteiger partial charge >= 0.3 is 5.97 Å². The number of carbonyl (C=O) groups is 1. The van der Waals surface area contributed by atoms with Crippen LogP contribution in [0, 0.1) is 11.6 Å². The standard InChI is InChI=1S/C12H10F2N2O3/c1-2-18-12(17)9-10(15)19-11(16-9)7-4-3-6(13)5-8(7)14/h3-5H,2,15H2,1H3. The highest BCUT2D eigenvalue weighted by atomic mass is 19.1. The fourth-order valence-corrected chi connectivity index (χ4v) is 1.46. The number of esters is 1. The molecule has 0 aliphatic carbocycles. The van der Waals surface area contributed by atoms with Crippen LogP contribution in [0.15, 0.2) is 22.6 Å². The zero-order valence-corrected chi connectivity index (χ0v) is 9.94. The van der Waals surface area contributed by atoms with Crippen molar-refractivity contribution in [3.8, 4) is 11.5 Å². The number of hydrogen-bond donors (Lipinski definition) is 1. The van der Waals surface area contributed by atoms with Crippen molar-refractivity contribution in [2.24, 2.45) is 0 Å². The number of carbonyl (C=O) groups excluding carboxylic acids is 1. The molecule has 2 aromatic rings. The van der Waals surface area contributed by atoms with Crippen molar-refractivity contribution in [2.75, 3.05) is 12.3 Å². The summed E-state index contributed by atoms with van der Waals surface area (Å²) in [5.74, 6) is -2.85. The highest BCUT2D eigenvalue weighted by Crippen LogP contribution is 2.26. The van der Waals surface area contributed by atoms with Crippen LogP contribution >= 0.6 is 0 Å². The van der Waals surface area contributed by atoms with Crippen LogP contribution in [-0.2, 0) is 4.74 Å². The summed E-state index contributed by atoms with van der Waals surface area (Å²) in [6.07, 6.45) is 0. The second-order valence-electron chi connectivity index (χ2n) is 3.58. The van der Waals surface area contributed by atoms with Gasteiger partial charge in [-0.3, -0.25) is 0 Å². The normalized spacial score (nSPS) is 10.5. The van der Waals surface area contributed by atoms with E-state index in [1.807, 2.05) is 0 Å². The van der Waals surface area contributed by atoms with Crippen LogP contribution in [0.4, 0.5) is 14.7 Å². The molecule has 0 bridgehead atoms. The molecule has 0 aliphatic heterocycles. The Morgan fingerprint density at radius 2 is 2.21 bits per heavy atom. The van der Waals surface area contributed by atoms with Crippen molar-refractivity contribution in [3.05, 3.63) is 35.5 Å². The van der Waals surface area contributed by atoms with Crippen LogP contribution in [0.25, 0.3) is 11.5 Å². The minimum absolute atomic E-state index is 0.0938. The smallest absolute Gasteiger partial charge is 0.362 e. The van der Waals surface area contributed by atoms with Gasteiger partial charge in [-0.15, -0.1) is 0 Å². The van der Waals surface area contributed by atoms with Crippen LogP contribution in [-0.4, -0.2) is 17.6 Å². The Labute approximate surface area is 107 Å². The monoisotopic (exact) mass is 268 g/mol. The zero-order valence-electron chi connectivity index (χ0n) is 9.94. The van der Waals surface area contributed by atoms with Crippen LogP contribution in [0.5, 0.6) is 0 Å². The molecular weight excluding hydrogens is 258 g/mol. The van der Waals surface area contributed by atoms with Gasteiger partial charge in [-0.1, -0.05) is 0 Å².